The van der Waals surface area contributed by atoms with Gasteiger partial charge in [-0.15, -0.1) is 0 Å². The Morgan fingerprint density at radius 2 is 2.33 bits per heavy atom. The minimum Gasteiger partial charge on any atom is -0.497 e. The minimum atomic E-state index is 0.542. The van der Waals surface area contributed by atoms with E-state index in [9.17, 15) is 0 Å². The van der Waals surface area contributed by atoms with Crippen molar-refractivity contribution in [3.05, 3.63) is 29.3 Å². The van der Waals surface area contributed by atoms with Crippen LogP contribution in [0, 0.1) is 5.92 Å². The van der Waals surface area contributed by atoms with Crippen molar-refractivity contribution in [1.29, 1.82) is 0 Å². The fourth-order valence-electron chi connectivity index (χ4n) is 2.97. The van der Waals surface area contributed by atoms with Gasteiger partial charge in [-0.3, -0.25) is 0 Å². The Bertz CT molecular complexity index is 415. The number of rotatable bonds is 4. The number of hydrogen-bond donors (Lipinski definition) is 1. The van der Waals surface area contributed by atoms with E-state index in [1.807, 2.05) is 0 Å². The zero-order valence-corrected chi connectivity index (χ0v) is 11.8. The molecule has 1 fully saturated rings. The summed E-state index contributed by atoms with van der Waals surface area (Å²) in [5, 5.41) is 3.76. The highest BCUT2D eigenvalue weighted by Crippen LogP contribution is 2.34. The van der Waals surface area contributed by atoms with Gasteiger partial charge in [0.2, 0.25) is 0 Å². The third-order valence-corrected chi connectivity index (χ3v) is 5.34. The Balaban J connectivity index is 1.65. The third kappa shape index (κ3) is 2.52. The molecule has 1 heterocycles. The standard InChI is InChI=1S/C15H21NOS/c1-17-13-4-2-12-3-5-15(14(12)8-13)16-9-11-6-7-18-10-11/h2,4,8,11,15-16H,3,5-7,9-10H2,1H3. The van der Waals surface area contributed by atoms with Gasteiger partial charge in [0.05, 0.1) is 7.11 Å². The summed E-state index contributed by atoms with van der Waals surface area (Å²) in [6.07, 6.45) is 3.83. The van der Waals surface area contributed by atoms with Gasteiger partial charge in [0.15, 0.2) is 0 Å². The summed E-state index contributed by atoms with van der Waals surface area (Å²) in [4.78, 5) is 0. The van der Waals surface area contributed by atoms with Gasteiger partial charge in [-0.2, -0.15) is 11.8 Å². The van der Waals surface area contributed by atoms with Crippen molar-refractivity contribution in [3.63, 3.8) is 0 Å². The van der Waals surface area contributed by atoms with Crippen molar-refractivity contribution < 1.29 is 4.74 Å². The topological polar surface area (TPSA) is 21.3 Å². The monoisotopic (exact) mass is 263 g/mol. The lowest BCUT2D eigenvalue weighted by molar-refractivity contribution is 0.412. The van der Waals surface area contributed by atoms with Crippen molar-refractivity contribution in [2.45, 2.75) is 25.3 Å². The van der Waals surface area contributed by atoms with E-state index in [2.05, 4.69) is 35.3 Å². The molecule has 0 saturated carbocycles. The number of thioether (sulfide) groups is 1. The average Bonchev–Trinajstić information content (AvgIpc) is 3.05. The van der Waals surface area contributed by atoms with Crippen LogP contribution in [0.15, 0.2) is 18.2 Å². The first-order chi connectivity index (χ1) is 8.86. The Morgan fingerprint density at radius 3 is 3.11 bits per heavy atom. The SMILES string of the molecule is COc1ccc2c(c1)C(NCC1CCSC1)CC2. The number of nitrogens with one attached hydrogen (secondary N) is 1. The lowest BCUT2D eigenvalue weighted by Crippen LogP contribution is -2.26. The molecular weight excluding hydrogens is 242 g/mol. The molecular formula is C15H21NOS. The van der Waals surface area contributed by atoms with E-state index >= 15 is 0 Å². The van der Waals surface area contributed by atoms with E-state index < -0.39 is 0 Å². The van der Waals surface area contributed by atoms with Crippen molar-refractivity contribution in [2.24, 2.45) is 5.92 Å². The molecule has 0 bridgehead atoms. The van der Waals surface area contributed by atoms with Crippen LogP contribution < -0.4 is 10.1 Å². The molecule has 2 unspecified atom stereocenters. The van der Waals surface area contributed by atoms with E-state index in [1.54, 1.807) is 7.11 Å². The normalized spacial score (nSPS) is 26.3. The van der Waals surface area contributed by atoms with Crippen LogP contribution in [-0.4, -0.2) is 25.2 Å². The molecule has 1 aromatic rings. The Hall–Kier alpha value is -0.670. The molecule has 2 nitrogen and oxygen atoms in total. The number of aryl methyl sites for hydroxylation is 1. The van der Waals surface area contributed by atoms with Gasteiger partial charge in [0, 0.05) is 6.04 Å². The van der Waals surface area contributed by atoms with Crippen LogP contribution >= 0.6 is 11.8 Å². The fourth-order valence-corrected chi connectivity index (χ4v) is 4.26. The van der Waals surface area contributed by atoms with Crippen LogP contribution in [0.5, 0.6) is 5.75 Å². The largest absolute Gasteiger partial charge is 0.497 e. The molecule has 18 heavy (non-hydrogen) atoms. The van der Waals surface area contributed by atoms with E-state index in [-0.39, 0.29) is 0 Å². The summed E-state index contributed by atoms with van der Waals surface area (Å²) < 4.78 is 5.33. The Kier molecular flexibility index (Phi) is 3.80. The predicted molar refractivity (Wildman–Crippen MR) is 77.5 cm³/mol. The lowest BCUT2D eigenvalue weighted by Gasteiger charge is -2.17. The maximum Gasteiger partial charge on any atom is 0.119 e. The fraction of sp³-hybridized carbons (Fsp3) is 0.600. The molecule has 1 N–H and O–H groups in total. The highest BCUT2D eigenvalue weighted by Gasteiger charge is 2.24. The third-order valence-electron chi connectivity index (χ3n) is 4.11. The van der Waals surface area contributed by atoms with Gasteiger partial charge in [-0.1, -0.05) is 6.07 Å². The molecule has 2 aliphatic rings. The highest BCUT2D eigenvalue weighted by molar-refractivity contribution is 7.99. The van der Waals surface area contributed by atoms with E-state index in [1.165, 1.54) is 48.4 Å². The average molecular weight is 263 g/mol. The molecule has 0 aromatic heterocycles. The molecule has 1 aromatic carbocycles. The second-order valence-corrected chi connectivity index (χ2v) is 6.44. The van der Waals surface area contributed by atoms with Crippen LogP contribution in [0.2, 0.25) is 0 Å². The smallest absolute Gasteiger partial charge is 0.119 e. The van der Waals surface area contributed by atoms with Crippen LogP contribution in [0.4, 0.5) is 0 Å². The number of fused-ring (bicyclic) bond motifs is 1. The first kappa shape index (κ1) is 12.4. The Labute approximate surface area is 113 Å². The van der Waals surface area contributed by atoms with Crippen molar-refractivity contribution in [3.8, 4) is 5.75 Å². The summed E-state index contributed by atoms with van der Waals surface area (Å²) in [7, 11) is 1.74. The molecule has 3 heteroatoms. The van der Waals surface area contributed by atoms with Crippen molar-refractivity contribution in [2.75, 3.05) is 25.2 Å². The first-order valence-electron chi connectivity index (χ1n) is 6.85. The van der Waals surface area contributed by atoms with E-state index in [0.717, 1.165) is 11.7 Å². The van der Waals surface area contributed by atoms with E-state index in [4.69, 9.17) is 4.74 Å². The number of benzene rings is 1. The number of hydrogen-bond acceptors (Lipinski definition) is 3. The maximum atomic E-state index is 5.33. The Morgan fingerprint density at radius 1 is 1.39 bits per heavy atom. The molecule has 3 rings (SSSR count). The number of ether oxygens (including phenoxy) is 1. The maximum absolute atomic E-state index is 5.33. The molecule has 1 aliphatic heterocycles. The lowest BCUT2D eigenvalue weighted by atomic mass is 10.1. The van der Waals surface area contributed by atoms with Gasteiger partial charge in [0.25, 0.3) is 0 Å². The quantitative estimate of drug-likeness (QED) is 0.902. The van der Waals surface area contributed by atoms with Crippen LogP contribution in [-0.2, 0) is 6.42 Å². The summed E-state index contributed by atoms with van der Waals surface area (Å²) in [5.41, 5.74) is 2.95. The van der Waals surface area contributed by atoms with Crippen LogP contribution in [0.25, 0.3) is 0 Å². The molecule has 98 valence electrons. The summed E-state index contributed by atoms with van der Waals surface area (Å²) in [5.74, 6) is 4.55. The zero-order valence-electron chi connectivity index (χ0n) is 10.9. The highest BCUT2D eigenvalue weighted by atomic mass is 32.2. The molecule has 1 saturated heterocycles. The van der Waals surface area contributed by atoms with E-state index in [0.29, 0.717) is 6.04 Å². The second kappa shape index (κ2) is 5.54. The molecule has 0 spiro atoms. The second-order valence-electron chi connectivity index (χ2n) is 5.29. The molecule has 2 atom stereocenters. The zero-order chi connectivity index (χ0) is 12.4. The first-order valence-corrected chi connectivity index (χ1v) is 8.00. The summed E-state index contributed by atoms with van der Waals surface area (Å²) in [6, 6.07) is 7.06. The summed E-state index contributed by atoms with van der Waals surface area (Å²) in [6.45, 7) is 1.17. The van der Waals surface area contributed by atoms with Gasteiger partial charge in [0.1, 0.15) is 5.75 Å². The molecule has 1 aliphatic carbocycles. The minimum absolute atomic E-state index is 0.542. The predicted octanol–water partition coefficient (Wildman–Crippen LogP) is 3.03. The van der Waals surface area contributed by atoms with Crippen LogP contribution in [0.3, 0.4) is 0 Å². The van der Waals surface area contributed by atoms with Gasteiger partial charge >= 0.3 is 0 Å². The molecule has 0 amide bonds. The number of methoxy groups -OCH3 is 1. The van der Waals surface area contributed by atoms with Gasteiger partial charge < -0.3 is 10.1 Å². The van der Waals surface area contributed by atoms with Gasteiger partial charge in [-0.05, 0) is 66.5 Å². The van der Waals surface area contributed by atoms with Crippen LogP contribution in [0.1, 0.15) is 30.0 Å². The summed E-state index contributed by atoms with van der Waals surface area (Å²) >= 11 is 2.10. The van der Waals surface area contributed by atoms with Crippen molar-refractivity contribution in [1.82, 2.24) is 5.32 Å². The van der Waals surface area contributed by atoms with Gasteiger partial charge in [-0.25, -0.2) is 0 Å². The van der Waals surface area contributed by atoms with Crippen molar-refractivity contribution >= 4 is 11.8 Å². The molecule has 0 radical (unpaired) electrons.